The molecule has 1 rings (SSSR count). The lowest BCUT2D eigenvalue weighted by Crippen LogP contribution is -2.51. The van der Waals surface area contributed by atoms with Gasteiger partial charge >= 0.3 is 0 Å². The summed E-state index contributed by atoms with van der Waals surface area (Å²) >= 11 is 0. The van der Waals surface area contributed by atoms with Gasteiger partial charge in [0, 0.05) is 45.3 Å². The van der Waals surface area contributed by atoms with Crippen LogP contribution in [0.2, 0.25) is 0 Å². The van der Waals surface area contributed by atoms with Gasteiger partial charge in [0.1, 0.15) is 0 Å². The first-order valence-corrected chi connectivity index (χ1v) is 6.82. The van der Waals surface area contributed by atoms with Gasteiger partial charge in [0.15, 0.2) is 0 Å². The lowest BCUT2D eigenvalue weighted by molar-refractivity contribution is -0.132. The zero-order chi connectivity index (χ0) is 12.8. The Kier molecular flexibility index (Phi) is 5.92. The molecule has 1 fully saturated rings. The number of hydrogen-bond acceptors (Lipinski definition) is 3. The van der Waals surface area contributed by atoms with E-state index in [-0.39, 0.29) is 5.91 Å². The van der Waals surface area contributed by atoms with Crippen LogP contribution in [0.15, 0.2) is 0 Å². The van der Waals surface area contributed by atoms with Crippen LogP contribution in [-0.2, 0) is 4.79 Å². The second-order valence-corrected chi connectivity index (χ2v) is 4.97. The van der Waals surface area contributed by atoms with Crippen molar-refractivity contribution in [3.05, 3.63) is 0 Å². The molecule has 0 N–H and O–H groups in total. The minimum absolute atomic E-state index is 0.271. The zero-order valence-electron chi connectivity index (χ0n) is 11.8. The molecule has 0 bridgehead atoms. The summed E-state index contributed by atoms with van der Waals surface area (Å²) < 4.78 is 0. The number of carbonyl (C=O) groups excluding carboxylic acids is 1. The Morgan fingerprint density at radius 3 is 2.06 bits per heavy atom. The molecule has 100 valence electrons. The molecule has 1 aliphatic rings. The topological polar surface area (TPSA) is 26.8 Å². The van der Waals surface area contributed by atoms with Crippen LogP contribution in [0, 0.1) is 0 Å². The maximum atomic E-state index is 12.0. The number of amides is 1. The first-order chi connectivity index (χ1) is 8.08. The average Bonchev–Trinajstić information content (AvgIpc) is 2.31. The van der Waals surface area contributed by atoms with Crippen molar-refractivity contribution >= 4 is 5.91 Å². The molecule has 0 saturated carbocycles. The van der Waals surface area contributed by atoms with Gasteiger partial charge in [-0.05, 0) is 27.7 Å². The highest BCUT2D eigenvalue weighted by atomic mass is 16.2. The number of piperazine rings is 1. The molecule has 0 aromatic rings. The number of likely N-dealkylation sites (N-methyl/N-ethyl adjacent to an activating group) is 1. The molecule has 1 aliphatic heterocycles. The van der Waals surface area contributed by atoms with Crippen molar-refractivity contribution in [1.29, 1.82) is 0 Å². The average molecular weight is 241 g/mol. The van der Waals surface area contributed by atoms with Crippen molar-refractivity contribution in [1.82, 2.24) is 14.7 Å². The van der Waals surface area contributed by atoms with E-state index in [0.717, 1.165) is 39.3 Å². The highest BCUT2D eigenvalue weighted by Gasteiger charge is 2.21. The Morgan fingerprint density at radius 1 is 1.12 bits per heavy atom. The quantitative estimate of drug-likeness (QED) is 0.715. The Hall–Kier alpha value is -0.610. The van der Waals surface area contributed by atoms with Crippen LogP contribution in [0.4, 0.5) is 0 Å². The van der Waals surface area contributed by atoms with Gasteiger partial charge in [0.2, 0.25) is 5.91 Å². The summed E-state index contributed by atoms with van der Waals surface area (Å²) in [7, 11) is 0. The van der Waals surface area contributed by atoms with E-state index in [1.165, 1.54) is 0 Å². The summed E-state index contributed by atoms with van der Waals surface area (Å²) in [4.78, 5) is 18.6. The van der Waals surface area contributed by atoms with Crippen molar-refractivity contribution in [3.63, 3.8) is 0 Å². The van der Waals surface area contributed by atoms with Crippen molar-refractivity contribution in [2.75, 3.05) is 45.8 Å². The second kappa shape index (κ2) is 6.97. The fourth-order valence-corrected chi connectivity index (χ4v) is 2.31. The summed E-state index contributed by atoms with van der Waals surface area (Å²) in [5.74, 6) is 0.271. The first kappa shape index (κ1) is 14.5. The van der Waals surface area contributed by atoms with Crippen LogP contribution in [0.25, 0.3) is 0 Å². The lowest BCUT2D eigenvalue weighted by Gasteiger charge is -2.37. The zero-order valence-corrected chi connectivity index (χ0v) is 11.8. The van der Waals surface area contributed by atoms with Gasteiger partial charge < -0.3 is 4.90 Å². The minimum atomic E-state index is 0.271. The van der Waals surface area contributed by atoms with Crippen molar-refractivity contribution in [2.24, 2.45) is 0 Å². The van der Waals surface area contributed by atoms with Gasteiger partial charge in [-0.1, -0.05) is 0 Å². The summed E-state index contributed by atoms with van der Waals surface area (Å²) in [6.45, 7) is 15.0. The first-order valence-electron chi connectivity index (χ1n) is 6.82. The highest BCUT2D eigenvalue weighted by molar-refractivity contribution is 5.78. The SMILES string of the molecule is CCN(CC)C(=O)CN1CCN(C(C)C)CC1. The van der Waals surface area contributed by atoms with E-state index >= 15 is 0 Å². The molecule has 17 heavy (non-hydrogen) atoms. The molecular weight excluding hydrogens is 214 g/mol. The number of carbonyl (C=O) groups is 1. The second-order valence-electron chi connectivity index (χ2n) is 4.97. The van der Waals surface area contributed by atoms with Crippen LogP contribution in [0.5, 0.6) is 0 Å². The van der Waals surface area contributed by atoms with E-state index in [1.54, 1.807) is 0 Å². The Labute approximate surface area is 106 Å². The van der Waals surface area contributed by atoms with Crippen LogP contribution < -0.4 is 0 Å². The van der Waals surface area contributed by atoms with E-state index in [2.05, 4.69) is 23.6 Å². The van der Waals surface area contributed by atoms with Crippen molar-refractivity contribution in [3.8, 4) is 0 Å². The number of nitrogens with zero attached hydrogens (tertiary/aromatic N) is 3. The Balaban J connectivity index is 2.33. The number of rotatable bonds is 5. The Morgan fingerprint density at radius 2 is 1.65 bits per heavy atom. The highest BCUT2D eigenvalue weighted by Crippen LogP contribution is 2.06. The molecule has 4 nitrogen and oxygen atoms in total. The fourth-order valence-electron chi connectivity index (χ4n) is 2.31. The molecular formula is C13H27N3O. The maximum absolute atomic E-state index is 12.0. The predicted octanol–water partition coefficient (Wildman–Crippen LogP) is 0.881. The van der Waals surface area contributed by atoms with E-state index in [0.29, 0.717) is 12.6 Å². The molecule has 1 saturated heterocycles. The van der Waals surface area contributed by atoms with E-state index in [1.807, 2.05) is 18.7 Å². The molecule has 0 aliphatic carbocycles. The summed E-state index contributed by atoms with van der Waals surface area (Å²) in [5, 5.41) is 0. The molecule has 0 radical (unpaired) electrons. The van der Waals surface area contributed by atoms with Gasteiger partial charge in [-0.25, -0.2) is 0 Å². The molecule has 0 unspecified atom stereocenters. The van der Waals surface area contributed by atoms with Gasteiger partial charge in [-0.3, -0.25) is 14.6 Å². The molecule has 4 heteroatoms. The third-order valence-electron chi connectivity index (χ3n) is 3.61. The van der Waals surface area contributed by atoms with Gasteiger partial charge in [0.25, 0.3) is 0 Å². The molecule has 0 atom stereocenters. The third-order valence-corrected chi connectivity index (χ3v) is 3.61. The van der Waals surface area contributed by atoms with Crippen molar-refractivity contribution < 1.29 is 4.79 Å². The maximum Gasteiger partial charge on any atom is 0.236 e. The lowest BCUT2D eigenvalue weighted by atomic mass is 10.2. The van der Waals surface area contributed by atoms with Gasteiger partial charge in [0.05, 0.1) is 6.54 Å². The summed E-state index contributed by atoms with van der Waals surface area (Å²) in [6, 6.07) is 0.621. The van der Waals surface area contributed by atoms with Crippen LogP contribution in [0.1, 0.15) is 27.7 Å². The minimum Gasteiger partial charge on any atom is -0.342 e. The van der Waals surface area contributed by atoms with Crippen LogP contribution in [0.3, 0.4) is 0 Å². The van der Waals surface area contributed by atoms with Gasteiger partial charge in [-0.2, -0.15) is 0 Å². The van der Waals surface area contributed by atoms with E-state index in [4.69, 9.17) is 0 Å². The van der Waals surface area contributed by atoms with Crippen LogP contribution >= 0.6 is 0 Å². The van der Waals surface area contributed by atoms with E-state index in [9.17, 15) is 4.79 Å². The summed E-state index contributed by atoms with van der Waals surface area (Å²) in [5.41, 5.74) is 0. The fraction of sp³-hybridized carbons (Fsp3) is 0.923. The molecule has 0 aromatic heterocycles. The van der Waals surface area contributed by atoms with E-state index < -0.39 is 0 Å². The standard InChI is InChI=1S/C13H27N3O/c1-5-15(6-2)13(17)11-14-7-9-16(10-8-14)12(3)4/h12H,5-11H2,1-4H3. The molecule has 1 amide bonds. The third kappa shape index (κ3) is 4.28. The molecule has 1 heterocycles. The normalized spacial score (nSPS) is 18.6. The largest absolute Gasteiger partial charge is 0.342 e. The molecule has 0 spiro atoms. The smallest absolute Gasteiger partial charge is 0.236 e. The molecule has 0 aromatic carbocycles. The van der Waals surface area contributed by atoms with Crippen LogP contribution in [-0.4, -0.2) is 72.5 Å². The summed E-state index contributed by atoms with van der Waals surface area (Å²) in [6.07, 6.45) is 0. The van der Waals surface area contributed by atoms with Crippen molar-refractivity contribution in [2.45, 2.75) is 33.7 Å². The predicted molar refractivity (Wildman–Crippen MR) is 71.1 cm³/mol. The van der Waals surface area contributed by atoms with Gasteiger partial charge in [-0.15, -0.1) is 0 Å². The number of hydrogen-bond donors (Lipinski definition) is 0. The Bertz CT molecular complexity index is 231. The monoisotopic (exact) mass is 241 g/mol.